The third kappa shape index (κ3) is 27.6. The van der Waals surface area contributed by atoms with Crippen LogP contribution in [0.25, 0.3) is 0 Å². The normalized spacial score (nSPS) is 11.0. The predicted molar refractivity (Wildman–Crippen MR) is 123 cm³/mol. The number of carbonyl (C=O) groups excluding carboxylic acids is 1. The molecule has 0 aromatic carbocycles. The molecule has 1 amide bonds. The van der Waals surface area contributed by atoms with E-state index >= 15 is 0 Å². The van der Waals surface area contributed by atoms with Gasteiger partial charge in [0, 0.05) is 19.5 Å². The van der Waals surface area contributed by atoms with Crippen LogP contribution in [0.2, 0.25) is 0 Å². The van der Waals surface area contributed by atoms with Gasteiger partial charge in [-0.2, -0.15) is 0 Å². The number of unbranched alkanes of at least 4 members (excludes halogenated alkanes) is 8. The molecule has 0 saturated carbocycles. The molecule has 0 saturated heterocycles. The quantitative estimate of drug-likeness (QED) is 0.105. The number of guanidine groups is 1. The molecule has 0 rings (SSSR count). The van der Waals surface area contributed by atoms with Gasteiger partial charge in [-0.1, -0.05) is 58.3 Å². The summed E-state index contributed by atoms with van der Waals surface area (Å²) >= 11 is 0. The van der Waals surface area contributed by atoms with E-state index in [1.165, 1.54) is 44.9 Å². The first-order valence-electron chi connectivity index (χ1n) is 11.2. The minimum absolute atomic E-state index is 0.00347. The van der Waals surface area contributed by atoms with Gasteiger partial charge in [0.2, 0.25) is 5.91 Å². The lowest BCUT2D eigenvalue weighted by molar-refractivity contribution is -0.139. The molecule has 182 valence electrons. The van der Waals surface area contributed by atoms with Crippen LogP contribution in [-0.2, 0) is 14.4 Å². The lowest BCUT2D eigenvalue weighted by atomic mass is 10.1. The van der Waals surface area contributed by atoms with Crippen LogP contribution in [0.4, 0.5) is 0 Å². The fourth-order valence-electron chi connectivity index (χ4n) is 2.64. The zero-order chi connectivity index (χ0) is 23.9. The Morgan fingerprint density at radius 1 is 0.871 bits per heavy atom. The first-order valence-corrected chi connectivity index (χ1v) is 11.2. The van der Waals surface area contributed by atoms with Crippen LogP contribution in [-0.4, -0.2) is 53.1 Å². The molecule has 0 spiro atoms. The second-order valence-corrected chi connectivity index (χ2v) is 7.47. The predicted octanol–water partition coefficient (Wildman–Crippen LogP) is 1.95. The summed E-state index contributed by atoms with van der Waals surface area (Å²) < 4.78 is 0. The second kappa shape index (κ2) is 22.3. The molecular weight excluding hydrogens is 402 g/mol. The molecule has 10 heteroatoms. The Labute approximate surface area is 186 Å². The molecule has 0 bridgehead atoms. The maximum atomic E-state index is 11.3. The highest BCUT2D eigenvalue weighted by Gasteiger charge is 2.09. The van der Waals surface area contributed by atoms with Crippen molar-refractivity contribution in [1.29, 1.82) is 0 Å². The Hall–Kier alpha value is -2.36. The highest BCUT2D eigenvalue weighted by Crippen LogP contribution is 2.10. The number of nitrogens with two attached hydrogens (primary N) is 3. The van der Waals surface area contributed by atoms with Gasteiger partial charge in [0.1, 0.15) is 6.04 Å². The van der Waals surface area contributed by atoms with Crippen molar-refractivity contribution >= 4 is 23.8 Å². The molecule has 0 heterocycles. The standard InChI is InChI=1S/C15H29NO3.C6H14N4O2/c1-2-3-4-5-6-7-8-9-10-11-14(17)16-13-12-15(18)19;7-4(5(11)12)2-1-3-10-6(8)9/h2-13H2,1H3,(H,16,17)(H,18,19);4H,1-3,7H2,(H,11,12)(H4,8,9,10)/t;4-/m.0/s1. The minimum Gasteiger partial charge on any atom is -0.481 e. The van der Waals surface area contributed by atoms with Gasteiger partial charge in [-0.25, -0.2) is 0 Å². The van der Waals surface area contributed by atoms with Gasteiger partial charge in [0.25, 0.3) is 0 Å². The summed E-state index contributed by atoms with van der Waals surface area (Å²) in [6, 6.07) is -0.820. The van der Waals surface area contributed by atoms with E-state index in [1.54, 1.807) is 0 Å². The van der Waals surface area contributed by atoms with Crippen LogP contribution in [0.3, 0.4) is 0 Å². The summed E-state index contributed by atoms with van der Waals surface area (Å²) in [5.41, 5.74) is 15.3. The number of rotatable bonds is 18. The number of amides is 1. The number of hydrogen-bond acceptors (Lipinski definition) is 5. The van der Waals surface area contributed by atoms with Crippen molar-refractivity contribution in [2.45, 2.75) is 96.4 Å². The highest BCUT2D eigenvalue weighted by molar-refractivity contribution is 5.76. The first kappa shape index (κ1) is 30.8. The SMILES string of the molecule is CCCCCCCCCCCC(=O)NCCC(=O)O.NC(N)=NCCC[C@H](N)C(=O)O. The topological polar surface area (TPSA) is 194 Å². The Bertz CT molecular complexity index is 510. The van der Waals surface area contributed by atoms with Crippen LogP contribution >= 0.6 is 0 Å². The number of carboxylic acid groups (broad SMARTS) is 2. The lowest BCUT2D eigenvalue weighted by Crippen LogP contribution is -2.30. The molecule has 10 nitrogen and oxygen atoms in total. The first-order chi connectivity index (χ1) is 14.7. The van der Waals surface area contributed by atoms with Crippen molar-refractivity contribution in [3.8, 4) is 0 Å². The number of carbonyl (C=O) groups is 3. The molecule has 0 radical (unpaired) electrons. The number of aliphatic carboxylic acids is 2. The van der Waals surface area contributed by atoms with E-state index in [1.807, 2.05) is 0 Å². The molecular formula is C21H43N5O5. The van der Waals surface area contributed by atoms with Crippen molar-refractivity contribution in [3.05, 3.63) is 0 Å². The highest BCUT2D eigenvalue weighted by atomic mass is 16.4. The molecule has 1 atom stereocenters. The molecule has 0 aliphatic carbocycles. The molecule has 0 aliphatic rings. The van der Waals surface area contributed by atoms with E-state index in [4.69, 9.17) is 27.4 Å². The second-order valence-electron chi connectivity index (χ2n) is 7.47. The summed E-state index contributed by atoms with van der Waals surface area (Å²) in [6.45, 7) is 2.89. The van der Waals surface area contributed by atoms with Crippen molar-refractivity contribution in [3.63, 3.8) is 0 Å². The molecule has 0 unspecified atom stereocenters. The summed E-state index contributed by atoms with van der Waals surface area (Å²) in [4.78, 5) is 35.5. The van der Waals surface area contributed by atoms with E-state index in [9.17, 15) is 14.4 Å². The molecule has 9 N–H and O–H groups in total. The smallest absolute Gasteiger partial charge is 0.320 e. The number of aliphatic imine (C=N–C) groups is 1. The Kier molecular flexibility index (Phi) is 22.2. The van der Waals surface area contributed by atoms with Crippen LogP contribution in [0, 0.1) is 0 Å². The van der Waals surface area contributed by atoms with E-state index in [2.05, 4.69) is 17.2 Å². The maximum absolute atomic E-state index is 11.3. The summed E-state index contributed by atoms with van der Waals surface area (Å²) in [6.07, 6.45) is 12.6. The Balaban J connectivity index is 0. The summed E-state index contributed by atoms with van der Waals surface area (Å²) in [5.74, 6) is -1.88. The van der Waals surface area contributed by atoms with Gasteiger partial charge in [0.05, 0.1) is 6.42 Å². The fourth-order valence-corrected chi connectivity index (χ4v) is 2.64. The number of hydrogen-bond donors (Lipinski definition) is 6. The average Bonchev–Trinajstić information content (AvgIpc) is 2.69. The Morgan fingerprint density at radius 3 is 1.90 bits per heavy atom. The number of nitrogens with zero attached hydrogens (tertiary/aromatic N) is 1. The minimum atomic E-state index is -1.00. The molecule has 0 aromatic heterocycles. The molecule has 31 heavy (non-hydrogen) atoms. The Morgan fingerprint density at radius 2 is 1.42 bits per heavy atom. The van der Waals surface area contributed by atoms with E-state index in [0.29, 0.717) is 25.8 Å². The van der Waals surface area contributed by atoms with Gasteiger partial charge >= 0.3 is 11.9 Å². The monoisotopic (exact) mass is 445 g/mol. The third-order valence-electron chi connectivity index (χ3n) is 4.45. The zero-order valence-electron chi connectivity index (χ0n) is 19.0. The lowest BCUT2D eigenvalue weighted by Gasteiger charge is -2.04. The molecule has 0 fully saturated rings. The van der Waals surface area contributed by atoms with Crippen molar-refractivity contribution in [2.24, 2.45) is 22.2 Å². The van der Waals surface area contributed by atoms with Gasteiger partial charge in [-0.3, -0.25) is 19.4 Å². The maximum Gasteiger partial charge on any atom is 0.320 e. The van der Waals surface area contributed by atoms with E-state index in [-0.39, 0.29) is 24.8 Å². The van der Waals surface area contributed by atoms with Gasteiger partial charge in [-0.15, -0.1) is 0 Å². The fraction of sp³-hybridized carbons (Fsp3) is 0.810. The molecule has 0 aliphatic heterocycles. The van der Waals surface area contributed by atoms with Gasteiger partial charge in [-0.05, 0) is 19.3 Å². The molecule has 0 aromatic rings. The van der Waals surface area contributed by atoms with Gasteiger partial charge < -0.3 is 32.7 Å². The van der Waals surface area contributed by atoms with E-state index < -0.39 is 18.0 Å². The average molecular weight is 446 g/mol. The summed E-state index contributed by atoms with van der Waals surface area (Å²) in [7, 11) is 0. The van der Waals surface area contributed by atoms with Crippen molar-refractivity contribution in [2.75, 3.05) is 13.1 Å². The van der Waals surface area contributed by atoms with Crippen LogP contribution in [0.15, 0.2) is 4.99 Å². The largest absolute Gasteiger partial charge is 0.481 e. The van der Waals surface area contributed by atoms with Crippen molar-refractivity contribution < 1.29 is 24.6 Å². The zero-order valence-corrected chi connectivity index (χ0v) is 19.0. The van der Waals surface area contributed by atoms with Crippen LogP contribution in [0.1, 0.15) is 90.4 Å². The van der Waals surface area contributed by atoms with E-state index in [0.717, 1.165) is 12.8 Å². The summed E-state index contributed by atoms with van der Waals surface area (Å²) in [5, 5.41) is 19.4. The number of nitrogens with one attached hydrogen (secondary N) is 1. The van der Waals surface area contributed by atoms with Gasteiger partial charge in [0.15, 0.2) is 5.96 Å². The van der Waals surface area contributed by atoms with Crippen LogP contribution < -0.4 is 22.5 Å². The van der Waals surface area contributed by atoms with Crippen molar-refractivity contribution in [1.82, 2.24) is 5.32 Å². The van der Waals surface area contributed by atoms with Crippen LogP contribution in [0.5, 0.6) is 0 Å². The number of carboxylic acids is 2. The third-order valence-corrected chi connectivity index (χ3v) is 4.45.